The Morgan fingerprint density at radius 2 is 0.891 bits per heavy atom. The fourth-order valence-electron chi connectivity index (χ4n) is 3.57. The maximum Gasteiger partial charge on any atom is 0.338 e. The van der Waals surface area contributed by atoms with E-state index in [0.717, 1.165) is 24.3 Å². The van der Waals surface area contributed by atoms with E-state index in [0.29, 0.717) is 12.1 Å². The molecular formula is C34H26F4O8. The molecule has 0 aliphatic rings. The number of benzene rings is 3. The molecule has 238 valence electrons. The molecule has 8 nitrogen and oxygen atoms in total. The van der Waals surface area contributed by atoms with Gasteiger partial charge in [-0.2, -0.15) is 4.39 Å². The van der Waals surface area contributed by atoms with Gasteiger partial charge in [-0.3, -0.25) is 0 Å². The normalized spacial score (nSPS) is 10.4. The third kappa shape index (κ3) is 7.65. The van der Waals surface area contributed by atoms with Crippen LogP contribution in [0.2, 0.25) is 0 Å². The second-order valence-electron chi connectivity index (χ2n) is 10.0. The van der Waals surface area contributed by atoms with Crippen molar-refractivity contribution in [3.05, 3.63) is 108 Å². The van der Waals surface area contributed by atoms with Crippen molar-refractivity contribution in [1.29, 1.82) is 0 Å². The van der Waals surface area contributed by atoms with Crippen LogP contribution in [0.15, 0.2) is 85.0 Å². The van der Waals surface area contributed by atoms with Crippen molar-refractivity contribution >= 4 is 23.9 Å². The first-order valence-electron chi connectivity index (χ1n) is 13.1. The zero-order valence-corrected chi connectivity index (χ0v) is 25.1. The number of esters is 4. The standard InChI is InChI=1S/C34H26F4O8/c1-15(2)31(39)43-19-11-23(35)28(24(36)12-19)22-14-26(45-33(41)17(5)6)21(13-27(22)46-34(42)18(7)8)20-9-10-25(30(38)29(20)37)44-32(40)16(3)4/h9-14H,1,3,5,7H2,2,4,6,8H3. The molecule has 3 aromatic carbocycles. The number of rotatable bonds is 10. The van der Waals surface area contributed by atoms with Crippen LogP contribution in [0.1, 0.15) is 27.7 Å². The van der Waals surface area contributed by atoms with Crippen LogP contribution in [0.25, 0.3) is 22.3 Å². The number of ether oxygens (including phenoxy) is 4. The largest absolute Gasteiger partial charge is 0.423 e. The Morgan fingerprint density at radius 1 is 0.500 bits per heavy atom. The summed E-state index contributed by atoms with van der Waals surface area (Å²) in [6.45, 7) is 18.8. The van der Waals surface area contributed by atoms with Gasteiger partial charge in [0.2, 0.25) is 5.82 Å². The highest BCUT2D eigenvalue weighted by Gasteiger charge is 2.27. The van der Waals surface area contributed by atoms with Crippen molar-refractivity contribution < 1.29 is 55.7 Å². The molecule has 0 radical (unpaired) electrons. The quantitative estimate of drug-likeness (QED) is 0.0973. The summed E-state index contributed by atoms with van der Waals surface area (Å²) < 4.78 is 82.0. The smallest absolute Gasteiger partial charge is 0.338 e. The summed E-state index contributed by atoms with van der Waals surface area (Å²) in [7, 11) is 0. The molecule has 0 aliphatic heterocycles. The number of carbonyl (C=O) groups is 4. The molecule has 46 heavy (non-hydrogen) atoms. The Hall–Kier alpha value is -5.78. The lowest BCUT2D eigenvalue weighted by Gasteiger charge is -2.19. The van der Waals surface area contributed by atoms with Gasteiger partial charge in [-0.1, -0.05) is 26.3 Å². The molecule has 0 fully saturated rings. The molecule has 0 saturated heterocycles. The minimum atomic E-state index is -1.62. The summed E-state index contributed by atoms with van der Waals surface area (Å²) in [5.41, 5.74) is -2.82. The summed E-state index contributed by atoms with van der Waals surface area (Å²) >= 11 is 0. The number of halogens is 4. The summed E-state index contributed by atoms with van der Waals surface area (Å²) in [4.78, 5) is 48.9. The summed E-state index contributed by atoms with van der Waals surface area (Å²) in [5, 5.41) is 0. The van der Waals surface area contributed by atoms with E-state index in [1.807, 2.05) is 0 Å². The van der Waals surface area contributed by atoms with Crippen LogP contribution in [-0.4, -0.2) is 23.9 Å². The van der Waals surface area contributed by atoms with E-state index in [1.165, 1.54) is 27.7 Å². The maximum atomic E-state index is 15.5. The van der Waals surface area contributed by atoms with Gasteiger partial charge in [0.05, 0.1) is 5.56 Å². The van der Waals surface area contributed by atoms with Gasteiger partial charge < -0.3 is 18.9 Å². The van der Waals surface area contributed by atoms with Gasteiger partial charge in [0, 0.05) is 51.1 Å². The molecule has 0 amide bonds. The highest BCUT2D eigenvalue weighted by atomic mass is 19.2. The first-order chi connectivity index (χ1) is 21.4. The van der Waals surface area contributed by atoms with Crippen molar-refractivity contribution in [1.82, 2.24) is 0 Å². The third-order valence-corrected chi connectivity index (χ3v) is 5.92. The van der Waals surface area contributed by atoms with Crippen molar-refractivity contribution in [2.75, 3.05) is 0 Å². The highest BCUT2D eigenvalue weighted by Crippen LogP contribution is 2.45. The first-order valence-corrected chi connectivity index (χ1v) is 13.1. The van der Waals surface area contributed by atoms with E-state index in [-0.39, 0.29) is 22.3 Å². The number of hydrogen-bond acceptors (Lipinski definition) is 8. The van der Waals surface area contributed by atoms with Gasteiger partial charge in [-0.15, -0.1) is 0 Å². The van der Waals surface area contributed by atoms with Gasteiger partial charge in [0.1, 0.15) is 28.9 Å². The molecule has 0 heterocycles. The molecule has 0 spiro atoms. The van der Waals surface area contributed by atoms with Gasteiger partial charge in [-0.05, 0) is 52.0 Å². The van der Waals surface area contributed by atoms with Gasteiger partial charge >= 0.3 is 23.9 Å². The van der Waals surface area contributed by atoms with E-state index >= 15 is 17.6 Å². The van der Waals surface area contributed by atoms with E-state index in [4.69, 9.17) is 18.9 Å². The maximum absolute atomic E-state index is 15.5. The zero-order chi connectivity index (χ0) is 34.6. The molecule has 0 unspecified atom stereocenters. The molecule has 0 bridgehead atoms. The molecule has 0 saturated carbocycles. The van der Waals surface area contributed by atoms with Crippen LogP contribution in [0.3, 0.4) is 0 Å². The molecule has 0 aromatic heterocycles. The lowest BCUT2D eigenvalue weighted by atomic mass is 9.96. The predicted octanol–water partition coefficient (Wildman–Crippen LogP) is 7.50. The van der Waals surface area contributed by atoms with E-state index in [2.05, 4.69) is 26.3 Å². The molecule has 3 rings (SSSR count). The zero-order valence-electron chi connectivity index (χ0n) is 25.1. The van der Waals surface area contributed by atoms with Crippen LogP contribution < -0.4 is 18.9 Å². The summed E-state index contributed by atoms with van der Waals surface area (Å²) in [6, 6.07) is 4.92. The van der Waals surface area contributed by atoms with Crippen LogP contribution in [-0.2, 0) is 19.2 Å². The highest BCUT2D eigenvalue weighted by molar-refractivity contribution is 5.94. The van der Waals surface area contributed by atoms with Crippen LogP contribution in [0, 0.1) is 23.3 Å². The molecule has 3 aromatic rings. The third-order valence-electron chi connectivity index (χ3n) is 5.92. The Morgan fingerprint density at radius 3 is 1.35 bits per heavy atom. The van der Waals surface area contributed by atoms with Gasteiger partial charge in [0.15, 0.2) is 11.6 Å². The second-order valence-corrected chi connectivity index (χ2v) is 10.0. The van der Waals surface area contributed by atoms with Crippen molar-refractivity contribution in [2.45, 2.75) is 27.7 Å². The van der Waals surface area contributed by atoms with Crippen LogP contribution in [0.4, 0.5) is 17.6 Å². The number of carbonyl (C=O) groups excluding carboxylic acids is 4. The van der Waals surface area contributed by atoms with Crippen molar-refractivity contribution in [2.24, 2.45) is 0 Å². The minimum absolute atomic E-state index is 0.0517. The first kappa shape index (κ1) is 34.7. The molecule has 0 atom stereocenters. The lowest BCUT2D eigenvalue weighted by molar-refractivity contribution is -0.131. The van der Waals surface area contributed by atoms with E-state index < -0.39 is 92.4 Å². The van der Waals surface area contributed by atoms with E-state index in [9.17, 15) is 19.2 Å². The minimum Gasteiger partial charge on any atom is -0.423 e. The Balaban J connectivity index is 2.36. The van der Waals surface area contributed by atoms with Crippen molar-refractivity contribution in [3.63, 3.8) is 0 Å². The Labute approximate surface area is 260 Å². The molecular weight excluding hydrogens is 612 g/mol. The summed E-state index contributed by atoms with van der Waals surface area (Å²) in [6.07, 6.45) is 0. The second kappa shape index (κ2) is 13.9. The molecule has 0 aliphatic carbocycles. The monoisotopic (exact) mass is 638 g/mol. The molecule has 0 N–H and O–H groups in total. The average molecular weight is 639 g/mol. The topological polar surface area (TPSA) is 105 Å². The van der Waals surface area contributed by atoms with E-state index in [1.54, 1.807) is 0 Å². The predicted molar refractivity (Wildman–Crippen MR) is 159 cm³/mol. The van der Waals surface area contributed by atoms with Gasteiger partial charge in [-0.25, -0.2) is 32.3 Å². The SMILES string of the molecule is C=C(C)C(=O)Oc1cc(F)c(-c2cc(OC(=O)C(=C)C)c(-c3ccc(OC(=O)C(=C)C)c(F)c3F)cc2OC(=O)C(=C)C)c(F)c1. The van der Waals surface area contributed by atoms with Crippen LogP contribution in [0.5, 0.6) is 23.0 Å². The van der Waals surface area contributed by atoms with Crippen LogP contribution >= 0.6 is 0 Å². The Kier molecular flexibility index (Phi) is 10.5. The fourth-order valence-corrected chi connectivity index (χ4v) is 3.57. The average Bonchev–Trinajstić information content (AvgIpc) is 2.96. The van der Waals surface area contributed by atoms with Crippen molar-refractivity contribution in [3.8, 4) is 45.3 Å². The van der Waals surface area contributed by atoms with Gasteiger partial charge in [0.25, 0.3) is 0 Å². The lowest BCUT2D eigenvalue weighted by Crippen LogP contribution is -2.13. The molecule has 12 heteroatoms. The summed E-state index contributed by atoms with van der Waals surface area (Å²) in [5.74, 6) is -12.5. The fraction of sp³-hybridized carbons (Fsp3) is 0.118. The Bertz CT molecular complexity index is 1850. The number of hydrogen-bond donors (Lipinski definition) is 0.